The van der Waals surface area contributed by atoms with E-state index in [0.29, 0.717) is 12.2 Å². The zero-order valence-electron chi connectivity index (χ0n) is 16.3. The van der Waals surface area contributed by atoms with E-state index in [0.717, 1.165) is 43.3 Å². The number of hydrogen-bond acceptors (Lipinski definition) is 4. The van der Waals surface area contributed by atoms with Gasteiger partial charge in [-0.05, 0) is 43.4 Å². The molecule has 4 nitrogen and oxygen atoms in total. The summed E-state index contributed by atoms with van der Waals surface area (Å²) in [7, 11) is 0. The van der Waals surface area contributed by atoms with Gasteiger partial charge in [0.25, 0.3) is 0 Å². The highest BCUT2D eigenvalue weighted by Crippen LogP contribution is 2.46. The maximum Gasteiger partial charge on any atom is 0.248 e. The molecule has 154 valence electrons. The number of nitrogens with zero attached hydrogens (tertiary/aromatic N) is 1. The van der Waals surface area contributed by atoms with E-state index in [2.05, 4.69) is 4.90 Å². The van der Waals surface area contributed by atoms with Crippen LogP contribution in [0, 0.1) is 0 Å². The van der Waals surface area contributed by atoms with Crippen molar-refractivity contribution in [2.24, 2.45) is 0 Å². The molecule has 1 N–H and O–H groups in total. The summed E-state index contributed by atoms with van der Waals surface area (Å²) in [5, 5.41) is 10.9. The summed E-state index contributed by atoms with van der Waals surface area (Å²) in [4.78, 5) is 2.56. The van der Waals surface area contributed by atoms with Crippen LogP contribution in [0.2, 0.25) is 0 Å². The third-order valence-corrected chi connectivity index (χ3v) is 7.34. The van der Waals surface area contributed by atoms with Crippen molar-refractivity contribution in [1.29, 1.82) is 0 Å². The van der Waals surface area contributed by atoms with Gasteiger partial charge in [-0.2, -0.15) is 0 Å². The predicted molar refractivity (Wildman–Crippen MR) is 100 cm³/mol. The quantitative estimate of drug-likeness (QED) is 0.812. The molecular weight excluding hydrogens is 364 g/mol. The van der Waals surface area contributed by atoms with Crippen molar-refractivity contribution in [3.05, 3.63) is 29.3 Å². The van der Waals surface area contributed by atoms with Crippen molar-refractivity contribution >= 4 is 0 Å². The Kier molecular flexibility index (Phi) is 4.45. The third-order valence-electron chi connectivity index (χ3n) is 7.34. The summed E-state index contributed by atoms with van der Waals surface area (Å²) >= 11 is 0. The Morgan fingerprint density at radius 3 is 2.36 bits per heavy atom. The zero-order valence-corrected chi connectivity index (χ0v) is 16.3. The van der Waals surface area contributed by atoms with Crippen LogP contribution < -0.4 is 4.74 Å². The molecule has 0 atom stereocenters. The Morgan fingerprint density at radius 2 is 1.71 bits per heavy atom. The number of piperidine rings is 1. The van der Waals surface area contributed by atoms with Gasteiger partial charge in [-0.3, -0.25) is 4.90 Å². The van der Waals surface area contributed by atoms with Crippen LogP contribution in [0.1, 0.15) is 68.9 Å². The SMILES string of the molecule is OC1(c2ccc3c(c2)COC2(CCN(C4CCC4)CC2)O3)CCC(F)(F)CC1. The minimum Gasteiger partial charge on any atom is -0.462 e. The number of fused-ring (bicyclic) bond motifs is 1. The molecule has 2 aliphatic heterocycles. The van der Waals surface area contributed by atoms with E-state index in [4.69, 9.17) is 9.47 Å². The number of halogens is 2. The first-order valence-electron chi connectivity index (χ1n) is 10.7. The number of hydrogen-bond donors (Lipinski definition) is 1. The fourth-order valence-corrected chi connectivity index (χ4v) is 5.07. The monoisotopic (exact) mass is 393 g/mol. The summed E-state index contributed by atoms with van der Waals surface area (Å²) in [5.41, 5.74) is 0.417. The molecule has 4 aliphatic rings. The van der Waals surface area contributed by atoms with Gasteiger partial charge in [0.15, 0.2) is 0 Å². The van der Waals surface area contributed by atoms with Crippen molar-refractivity contribution in [3.63, 3.8) is 0 Å². The Hall–Kier alpha value is -1.24. The Labute approximate surface area is 164 Å². The molecule has 2 heterocycles. The molecule has 1 saturated heterocycles. The highest BCUT2D eigenvalue weighted by atomic mass is 19.3. The minimum absolute atomic E-state index is 0.0848. The molecule has 0 unspecified atom stereocenters. The average Bonchev–Trinajstić information content (AvgIpc) is 2.65. The molecule has 6 heteroatoms. The van der Waals surface area contributed by atoms with Crippen LogP contribution in [0.3, 0.4) is 0 Å². The number of rotatable bonds is 2. The van der Waals surface area contributed by atoms with Crippen LogP contribution in [0.4, 0.5) is 8.78 Å². The average molecular weight is 393 g/mol. The number of likely N-dealkylation sites (tertiary alicyclic amines) is 1. The smallest absolute Gasteiger partial charge is 0.248 e. The van der Waals surface area contributed by atoms with Crippen LogP contribution in [-0.2, 0) is 16.9 Å². The third kappa shape index (κ3) is 3.33. The number of benzene rings is 1. The molecule has 1 aromatic carbocycles. The van der Waals surface area contributed by atoms with E-state index in [9.17, 15) is 13.9 Å². The topological polar surface area (TPSA) is 41.9 Å². The lowest BCUT2D eigenvalue weighted by atomic mass is 9.77. The molecule has 1 spiro atoms. The second-order valence-electron chi connectivity index (χ2n) is 9.13. The van der Waals surface area contributed by atoms with Crippen LogP contribution in [0.15, 0.2) is 18.2 Å². The van der Waals surface area contributed by atoms with Crippen molar-refractivity contribution in [2.45, 2.75) is 87.7 Å². The van der Waals surface area contributed by atoms with Gasteiger partial charge in [0, 0.05) is 50.4 Å². The van der Waals surface area contributed by atoms with Gasteiger partial charge in [0.2, 0.25) is 11.7 Å². The van der Waals surface area contributed by atoms with E-state index in [-0.39, 0.29) is 25.7 Å². The fourth-order valence-electron chi connectivity index (χ4n) is 5.07. The lowest BCUT2D eigenvalue weighted by molar-refractivity contribution is -0.231. The first kappa shape index (κ1) is 18.8. The van der Waals surface area contributed by atoms with Crippen LogP contribution in [0.5, 0.6) is 5.75 Å². The van der Waals surface area contributed by atoms with Crippen LogP contribution >= 0.6 is 0 Å². The maximum absolute atomic E-state index is 13.5. The fraction of sp³-hybridized carbons (Fsp3) is 0.727. The van der Waals surface area contributed by atoms with Crippen molar-refractivity contribution in [1.82, 2.24) is 4.90 Å². The van der Waals surface area contributed by atoms with E-state index in [1.165, 1.54) is 19.3 Å². The Bertz CT molecular complexity index is 731. The van der Waals surface area contributed by atoms with Gasteiger partial charge in [0.1, 0.15) is 5.75 Å². The second-order valence-corrected chi connectivity index (χ2v) is 9.13. The molecule has 2 aliphatic carbocycles. The first-order valence-corrected chi connectivity index (χ1v) is 10.7. The summed E-state index contributed by atoms with van der Waals surface area (Å²) in [6, 6.07) is 6.36. The van der Waals surface area contributed by atoms with E-state index >= 15 is 0 Å². The lowest BCUT2D eigenvalue weighted by Gasteiger charge is -2.47. The number of ether oxygens (including phenoxy) is 2. The largest absolute Gasteiger partial charge is 0.462 e. The summed E-state index contributed by atoms with van der Waals surface area (Å²) < 4.78 is 39.4. The minimum atomic E-state index is -2.66. The highest BCUT2D eigenvalue weighted by molar-refractivity contribution is 5.40. The van der Waals surface area contributed by atoms with Crippen molar-refractivity contribution < 1.29 is 23.4 Å². The maximum atomic E-state index is 13.5. The standard InChI is InChI=1S/C22H29F2NO3/c23-21(24)8-6-20(26,7-9-21)17-4-5-19-16(14-17)15-27-22(28-19)10-12-25(13-11-22)18-2-1-3-18/h4-5,14,18,26H,1-3,6-13,15H2. The van der Waals surface area contributed by atoms with Gasteiger partial charge in [-0.15, -0.1) is 0 Å². The Morgan fingerprint density at radius 1 is 1.00 bits per heavy atom. The zero-order chi connectivity index (χ0) is 19.4. The summed E-state index contributed by atoms with van der Waals surface area (Å²) in [6.07, 6.45) is 5.34. The molecule has 0 radical (unpaired) electrons. The first-order chi connectivity index (χ1) is 13.4. The molecule has 5 rings (SSSR count). The highest BCUT2D eigenvalue weighted by Gasteiger charge is 2.45. The molecule has 0 bridgehead atoms. The summed E-state index contributed by atoms with van der Waals surface area (Å²) in [5.74, 6) is -2.40. The van der Waals surface area contributed by atoms with Crippen LogP contribution in [0.25, 0.3) is 0 Å². The van der Waals surface area contributed by atoms with Crippen molar-refractivity contribution in [2.75, 3.05) is 13.1 Å². The molecule has 0 amide bonds. The summed E-state index contributed by atoms with van der Waals surface area (Å²) in [6.45, 7) is 2.46. The molecule has 3 fully saturated rings. The lowest BCUT2D eigenvalue weighted by Crippen LogP contribution is -2.54. The van der Waals surface area contributed by atoms with Gasteiger partial charge >= 0.3 is 0 Å². The van der Waals surface area contributed by atoms with Crippen LogP contribution in [-0.4, -0.2) is 40.8 Å². The number of aliphatic hydroxyl groups is 1. The van der Waals surface area contributed by atoms with Gasteiger partial charge < -0.3 is 14.6 Å². The van der Waals surface area contributed by atoms with E-state index in [1.807, 2.05) is 18.2 Å². The molecule has 0 aromatic heterocycles. The van der Waals surface area contributed by atoms with Gasteiger partial charge in [0.05, 0.1) is 12.2 Å². The Balaban J connectivity index is 1.28. The molecule has 1 aromatic rings. The predicted octanol–water partition coefficient (Wildman–Crippen LogP) is 4.34. The molecule has 28 heavy (non-hydrogen) atoms. The second kappa shape index (κ2) is 6.64. The molecule has 2 saturated carbocycles. The normalized spacial score (nSPS) is 29.0. The van der Waals surface area contributed by atoms with E-state index < -0.39 is 17.3 Å². The van der Waals surface area contributed by atoms with Crippen molar-refractivity contribution in [3.8, 4) is 5.75 Å². The molecular formula is C22H29F2NO3. The van der Waals surface area contributed by atoms with Gasteiger partial charge in [-0.25, -0.2) is 8.78 Å². The van der Waals surface area contributed by atoms with Gasteiger partial charge in [-0.1, -0.05) is 12.5 Å². The van der Waals surface area contributed by atoms with E-state index in [1.54, 1.807) is 0 Å². The number of alkyl halides is 2.